The summed E-state index contributed by atoms with van der Waals surface area (Å²) < 4.78 is 21.8. The first-order valence-corrected chi connectivity index (χ1v) is 9.70. The summed E-state index contributed by atoms with van der Waals surface area (Å²) in [6.45, 7) is 8.14. The van der Waals surface area contributed by atoms with Crippen LogP contribution in [0.4, 0.5) is 0 Å². The third-order valence-corrected chi connectivity index (χ3v) is 4.02. The van der Waals surface area contributed by atoms with E-state index in [4.69, 9.17) is 18.6 Å². The van der Waals surface area contributed by atoms with Crippen molar-refractivity contribution in [3.8, 4) is 0 Å². The van der Waals surface area contributed by atoms with Gasteiger partial charge in [-0.25, -0.2) is 0 Å². The van der Waals surface area contributed by atoms with Crippen molar-refractivity contribution in [2.24, 2.45) is 4.99 Å². The van der Waals surface area contributed by atoms with Crippen molar-refractivity contribution in [3.63, 3.8) is 0 Å². The number of rotatable bonds is 13. The fourth-order valence-electron chi connectivity index (χ4n) is 2.61. The summed E-state index contributed by atoms with van der Waals surface area (Å²) in [5.41, 5.74) is 0. The summed E-state index contributed by atoms with van der Waals surface area (Å²) in [7, 11) is 0. The molecular weight excluding hydrogens is 334 g/mol. The van der Waals surface area contributed by atoms with Crippen LogP contribution in [0.5, 0.6) is 0 Å². The highest BCUT2D eigenvalue weighted by molar-refractivity contribution is 5.79. The van der Waals surface area contributed by atoms with Gasteiger partial charge in [0.1, 0.15) is 5.76 Å². The Morgan fingerprint density at radius 1 is 1.27 bits per heavy atom. The number of nitrogens with one attached hydrogen (secondary N) is 2. The Morgan fingerprint density at radius 3 is 2.96 bits per heavy atom. The number of hydrogen-bond donors (Lipinski definition) is 2. The Balaban J connectivity index is 1.62. The Morgan fingerprint density at radius 2 is 2.19 bits per heavy atom. The molecule has 2 rings (SSSR count). The summed E-state index contributed by atoms with van der Waals surface area (Å²) in [6.07, 6.45) is 5.67. The van der Waals surface area contributed by atoms with Crippen molar-refractivity contribution in [2.75, 3.05) is 52.7 Å². The maximum absolute atomic E-state index is 5.79. The highest BCUT2D eigenvalue weighted by Gasteiger charge is 2.15. The van der Waals surface area contributed by atoms with Gasteiger partial charge in [-0.05, 0) is 38.3 Å². The van der Waals surface area contributed by atoms with Gasteiger partial charge in [-0.1, -0.05) is 0 Å². The monoisotopic (exact) mass is 367 g/mol. The van der Waals surface area contributed by atoms with Crippen molar-refractivity contribution < 1.29 is 18.6 Å². The van der Waals surface area contributed by atoms with E-state index in [2.05, 4.69) is 15.6 Å². The molecule has 1 aromatic heterocycles. The molecule has 148 valence electrons. The molecule has 1 aromatic rings. The number of aliphatic imine (C=N–C) groups is 1. The second-order valence-corrected chi connectivity index (χ2v) is 6.17. The van der Waals surface area contributed by atoms with Gasteiger partial charge in [0.15, 0.2) is 5.96 Å². The second kappa shape index (κ2) is 13.6. The second-order valence-electron chi connectivity index (χ2n) is 6.17. The first-order valence-electron chi connectivity index (χ1n) is 9.70. The quantitative estimate of drug-likeness (QED) is 0.315. The Hall–Kier alpha value is -1.57. The maximum Gasteiger partial charge on any atom is 0.191 e. The molecule has 0 aromatic carbocycles. The van der Waals surface area contributed by atoms with Crippen LogP contribution in [0.15, 0.2) is 27.8 Å². The Kier molecular flexibility index (Phi) is 10.9. The van der Waals surface area contributed by atoms with Crippen molar-refractivity contribution >= 4 is 5.96 Å². The van der Waals surface area contributed by atoms with E-state index in [9.17, 15) is 0 Å². The SMILES string of the molecule is CCOCCCN=C(NCCCOC1CCOC1)NCCc1ccco1. The lowest BCUT2D eigenvalue weighted by molar-refractivity contribution is 0.0420. The summed E-state index contributed by atoms with van der Waals surface area (Å²) in [5, 5.41) is 6.73. The average Bonchev–Trinajstić information content (AvgIpc) is 3.34. The molecule has 0 aliphatic carbocycles. The van der Waals surface area contributed by atoms with Crippen LogP contribution in [0.3, 0.4) is 0 Å². The van der Waals surface area contributed by atoms with E-state index in [-0.39, 0.29) is 6.10 Å². The van der Waals surface area contributed by atoms with Gasteiger partial charge in [0.2, 0.25) is 0 Å². The zero-order valence-corrected chi connectivity index (χ0v) is 15.9. The maximum atomic E-state index is 5.79. The van der Waals surface area contributed by atoms with Gasteiger partial charge < -0.3 is 29.3 Å². The van der Waals surface area contributed by atoms with Gasteiger partial charge in [0.05, 0.1) is 19.0 Å². The molecule has 1 fully saturated rings. The Labute approximate surface area is 156 Å². The van der Waals surface area contributed by atoms with Crippen molar-refractivity contribution in [3.05, 3.63) is 24.2 Å². The predicted octanol–water partition coefficient (Wildman–Crippen LogP) is 1.98. The van der Waals surface area contributed by atoms with Crippen LogP contribution in [0.25, 0.3) is 0 Å². The van der Waals surface area contributed by atoms with Gasteiger partial charge in [-0.3, -0.25) is 4.99 Å². The first kappa shape index (κ1) is 20.7. The molecule has 0 amide bonds. The minimum atomic E-state index is 0.271. The fourth-order valence-corrected chi connectivity index (χ4v) is 2.61. The molecule has 1 atom stereocenters. The number of nitrogens with zero attached hydrogens (tertiary/aromatic N) is 1. The molecule has 1 saturated heterocycles. The molecule has 1 aliphatic heterocycles. The van der Waals surface area contributed by atoms with E-state index in [0.29, 0.717) is 0 Å². The van der Waals surface area contributed by atoms with E-state index in [0.717, 1.165) is 90.1 Å². The van der Waals surface area contributed by atoms with Crippen molar-refractivity contribution in [2.45, 2.75) is 38.7 Å². The van der Waals surface area contributed by atoms with E-state index in [1.165, 1.54) is 0 Å². The largest absolute Gasteiger partial charge is 0.469 e. The summed E-state index contributed by atoms with van der Waals surface area (Å²) >= 11 is 0. The standard InChI is InChI=1S/C19H33N3O4/c1-2-23-12-4-9-20-19(22-11-7-17-6-3-13-25-17)21-10-5-14-26-18-8-15-24-16-18/h3,6,13,18H,2,4-5,7-12,14-16H2,1H3,(H2,20,21,22). The smallest absolute Gasteiger partial charge is 0.191 e. The third kappa shape index (κ3) is 9.22. The molecule has 26 heavy (non-hydrogen) atoms. The number of furan rings is 1. The van der Waals surface area contributed by atoms with E-state index in [1.54, 1.807) is 6.26 Å². The molecule has 0 saturated carbocycles. The molecule has 0 spiro atoms. The van der Waals surface area contributed by atoms with Crippen molar-refractivity contribution in [1.82, 2.24) is 10.6 Å². The molecule has 2 heterocycles. The lowest BCUT2D eigenvalue weighted by Crippen LogP contribution is -2.39. The number of hydrogen-bond acceptors (Lipinski definition) is 5. The van der Waals surface area contributed by atoms with Gasteiger partial charge in [0, 0.05) is 52.5 Å². The molecule has 7 nitrogen and oxygen atoms in total. The number of ether oxygens (including phenoxy) is 3. The highest BCUT2D eigenvalue weighted by atomic mass is 16.5. The zero-order chi connectivity index (χ0) is 18.3. The third-order valence-electron chi connectivity index (χ3n) is 4.02. The zero-order valence-electron chi connectivity index (χ0n) is 15.9. The van der Waals surface area contributed by atoms with Gasteiger partial charge in [0.25, 0.3) is 0 Å². The Bertz CT molecular complexity index is 473. The van der Waals surface area contributed by atoms with Gasteiger partial charge in [-0.2, -0.15) is 0 Å². The summed E-state index contributed by atoms with van der Waals surface area (Å²) in [6, 6.07) is 3.89. The van der Waals surface area contributed by atoms with Crippen LogP contribution in [-0.4, -0.2) is 64.7 Å². The summed E-state index contributed by atoms with van der Waals surface area (Å²) in [5.74, 6) is 1.80. The van der Waals surface area contributed by atoms with Crippen LogP contribution in [0.2, 0.25) is 0 Å². The van der Waals surface area contributed by atoms with E-state index < -0.39 is 0 Å². The highest BCUT2D eigenvalue weighted by Crippen LogP contribution is 2.07. The molecule has 2 N–H and O–H groups in total. The van der Waals surface area contributed by atoms with Crippen LogP contribution >= 0.6 is 0 Å². The molecule has 0 bridgehead atoms. The van der Waals surface area contributed by atoms with Gasteiger partial charge >= 0.3 is 0 Å². The average molecular weight is 367 g/mol. The van der Waals surface area contributed by atoms with Crippen LogP contribution in [-0.2, 0) is 20.6 Å². The first-order chi connectivity index (χ1) is 12.9. The molecule has 0 radical (unpaired) electrons. The molecule has 1 aliphatic rings. The minimum absolute atomic E-state index is 0.271. The summed E-state index contributed by atoms with van der Waals surface area (Å²) in [4.78, 5) is 4.61. The van der Waals surface area contributed by atoms with Crippen LogP contribution < -0.4 is 10.6 Å². The number of guanidine groups is 1. The van der Waals surface area contributed by atoms with Gasteiger partial charge in [-0.15, -0.1) is 0 Å². The predicted molar refractivity (Wildman–Crippen MR) is 102 cm³/mol. The lowest BCUT2D eigenvalue weighted by atomic mass is 10.3. The minimum Gasteiger partial charge on any atom is -0.469 e. The lowest BCUT2D eigenvalue weighted by Gasteiger charge is -2.13. The van der Waals surface area contributed by atoms with E-state index >= 15 is 0 Å². The van der Waals surface area contributed by atoms with E-state index in [1.807, 2.05) is 19.1 Å². The molecular formula is C19H33N3O4. The molecule has 7 heteroatoms. The van der Waals surface area contributed by atoms with Crippen LogP contribution in [0.1, 0.15) is 31.9 Å². The normalized spacial score (nSPS) is 17.6. The topological polar surface area (TPSA) is 77.2 Å². The van der Waals surface area contributed by atoms with Crippen molar-refractivity contribution in [1.29, 1.82) is 0 Å². The van der Waals surface area contributed by atoms with Crippen LogP contribution in [0, 0.1) is 0 Å². The molecule has 1 unspecified atom stereocenters. The fraction of sp³-hybridized carbons (Fsp3) is 0.737.